The van der Waals surface area contributed by atoms with E-state index in [4.69, 9.17) is 0 Å². The van der Waals surface area contributed by atoms with Crippen molar-refractivity contribution in [2.45, 2.75) is 71.0 Å². The topological polar surface area (TPSA) is 75.4 Å². The molecule has 3 heterocycles. The summed E-state index contributed by atoms with van der Waals surface area (Å²) >= 11 is 0. The average molecular weight is 408 g/mol. The van der Waals surface area contributed by atoms with Crippen molar-refractivity contribution in [1.82, 2.24) is 14.5 Å². The van der Waals surface area contributed by atoms with Gasteiger partial charge in [-0.15, -0.1) is 5.92 Å². The molecule has 0 amide bonds. The Labute approximate surface area is 176 Å². The maximum Gasteiger partial charge on any atom is 0.360 e. The van der Waals surface area contributed by atoms with Crippen molar-refractivity contribution in [1.29, 1.82) is 0 Å². The quantitative estimate of drug-likeness (QED) is 0.785. The zero-order valence-electron chi connectivity index (χ0n) is 17.9. The lowest BCUT2D eigenvalue weighted by Crippen LogP contribution is -2.45. The van der Waals surface area contributed by atoms with Crippen LogP contribution in [0.3, 0.4) is 0 Å². The summed E-state index contributed by atoms with van der Waals surface area (Å²) in [6.07, 6.45) is 4.77. The number of carbonyl (C=O) groups is 1. The van der Waals surface area contributed by atoms with Crippen molar-refractivity contribution >= 4 is 17.0 Å². The van der Waals surface area contributed by atoms with Gasteiger partial charge in [0.15, 0.2) is 0 Å². The van der Waals surface area contributed by atoms with Crippen LogP contribution in [0.2, 0.25) is 0 Å². The minimum absolute atomic E-state index is 0.0141. The Bertz CT molecular complexity index is 1070. The molecule has 0 saturated carbocycles. The molecular formula is C24H29N3O3. The van der Waals surface area contributed by atoms with Crippen LogP contribution >= 0.6 is 0 Å². The van der Waals surface area contributed by atoms with Crippen LogP contribution in [0.15, 0.2) is 29.1 Å². The molecule has 2 aromatic rings. The van der Waals surface area contributed by atoms with Gasteiger partial charge in [0, 0.05) is 24.5 Å². The van der Waals surface area contributed by atoms with E-state index >= 15 is 0 Å². The first-order valence-electron chi connectivity index (χ1n) is 10.7. The van der Waals surface area contributed by atoms with Crippen molar-refractivity contribution in [2.75, 3.05) is 6.54 Å². The van der Waals surface area contributed by atoms with Crippen LogP contribution in [0.4, 0.5) is 0 Å². The molecule has 3 atom stereocenters. The summed E-state index contributed by atoms with van der Waals surface area (Å²) in [5, 5.41) is 9.48. The first kappa shape index (κ1) is 20.6. The van der Waals surface area contributed by atoms with Gasteiger partial charge in [0.05, 0.1) is 17.6 Å². The van der Waals surface area contributed by atoms with Crippen LogP contribution in [-0.4, -0.2) is 44.2 Å². The highest BCUT2D eigenvalue weighted by molar-refractivity contribution is 5.88. The molecule has 2 aliphatic heterocycles. The molecule has 2 saturated heterocycles. The van der Waals surface area contributed by atoms with Gasteiger partial charge in [-0.25, -0.2) is 9.78 Å². The van der Waals surface area contributed by atoms with Crippen LogP contribution in [0.25, 0.3) is 11.0 Å². The summed E-state index contributed by atoms with van der Waals surface area (Å²) in [6.45, 7) is 7.35. The zero-order chi connectivity index (χ0) is 21.5. The second-order valence-corrected chi connectivity index (χ2v) is 9.70. The number of aromatic carboxylic acids is 1. The smallest absolute Gasteiger partial charge is 0.360 e. The summed E-state index contributed by atoms with van der Waals surface area (Å²) in [4.78, 5) is 31.2. The molecule has 0 aliphatic carbocycles. The Morgan fingerprint density at radius 1 is 1.13 bits per heavy atom. The van der Waals surface area contributed by atoms with Gasteiger partial charge in [0.1, 0.15) is 0 Å². The minimum Gasteiger partial charge on any atom is -0.476 e. The highest BCUT2D eigenvalue weighted by Gasteiger charge is 2.41. The molecule has 158 valence electrons. The van der Waals surface area contributed by atoms with E-state index in [1.807, 2.05) is 18.2 Å². The number of hydrogen-bond acceptors (Lipinski definition) is 4. The van der Waals surface area contributed by atoms with Crippen LogP contribution < -0.4 is 5.56 Å². The summed E-state index contributed by atoms with van der Waals surface area (Å²) < 4.78 is 1.69. The number of para-hydroxylation sites is 2. The number of nitrogens with zero attached hydrogens (tertiary/aromatic N) is 3. The Kier molecular flexibility index (Phi) is 5.42. The first-order chi connectivity index (χ1) is 14.2. The number of aromatic nitrogens is 2. The van der Waals surface area contributed by atoms with Crippen LogP contribution in [-0.2, 0) is 0 Å². The Balaban J connectivity index is 1.61. The molecule has 0 radical (unpaired) electrons. The highest BCUT2D eigenvalue weighted by atomic mass is 16.4. The summed E-state index contributed by atoms with van der Waals surface area (Å²) in [7, 11) is 0. The van der Waals surface area contributed by atoms with Gasteiger partial charge in [0.2, 0.25) is 5.69 Å². The Morgan fingerprint density at radius 2 is 1.80 bits per heavy atom. The fourth-order valence-electron chi connectivity index (χ4n) is 4.85. The van der Waals surface area contributed by atoms with Crippen LogP contribution in [0, 0.1) is 17.3 Å². The standard InChI is InChI=1S/C24H29N3O3/c1-24(2,3)12-6-7-13-26-16-10-11-17(26)15-18(14-16)27-20-9-5-4-8-19(20)25-21(22(27)28)23(29)30/h4-5,8-9,16-18H,10-15H2,1-3H3,(H,29,30)/t16-,17?,18?/m0/s1. The second kappa shape index (κ2) is 7.88. The summed E-state index contributed by atoms with van der Waals surface area (Å²) in [6, 6.07) is 8.07. The largest absolute Gasteiger partial charge is 0.476 e. The van der Waals surface area contributed by atoms with E-state index in [1.165, 1.54) is 0 Å². The lowest BCUT2D eigenvalue weighted by atomic mass is 9.93. The van der Waals surface area contributed by atoms with Crippen molar-refractivity contribution in [2.24, 2.45) is 5.41 Å². The number of fused-ring (bicyclic) bond motifs is 3. The maximum absolute atomic E-state index is 13.0. The third-order valence-corrected chi connectivity index (χ3v) is 6.23. The van der Waals surface area contributed by atoms with Gasteiger partial charge in [-0.2, -0.15) is 0 Å². The van der Waals surface area contributed by atoms with Gasteiger partial charge in [0.25, 0.3) is 5.56 Å². The Hall–Kier alpha value is -2.65. The monoisotopic (exact) mass is 407 g/mol. The second-order valence-electron chi connectivity index (χ2n) is 9.70. The highest BCUT2D eigenvalue weighted by Crippen LogP contribution is 2.40. The molecule has 6 heteroatoms. The normalized spacial score (nSPS) is 23.9. The van der Waals surface area contributed by atoms with E-state index in [1.54, 1.807) is 10.6 Å². The van der Waals surface area contributed by atoms with E-state index in [0.717, 1.165) is 44.2 Å². The lowest BCUT2D eigenvalue weighted by molar-refractivity contribution is 0.0686. The molecule has 2 aliphatic rings. The predicted molar refractivity (Wildman–Crippen MR) is 117 cm³/mol. The maximum atomic E-state index is 13.0. The first-order valence-corrected chi connectivity index (χ1v) is 10.7. The molecule has 2 bridgehead atoms. The molecule has 2 unspecified atom stereocenters. The van der Waals surface area contributed by atoms with Gasteiger partial charge in [-0.05, 0) is 43.2 Å². The van der Waals surface area contributed by atoms with Crippen molar-refractivity contribution in [3.05, 3.63) is 40.3 Å². The van der Waals surface area contributed by atoms with Crippen molar-refractivity contribution in [3.8, 4) is 11.8 Å². The molecule has 0 spiro atoms. The molecule has 1 aromatic heterocycles. The van der Waals surface area contributed by atoms with Gasteiger partial charge >= 0.3 is 5.97 Å². The van der Waals surface area contributed by atoms with Crippen molar-refractivity contribution < 1.29 is 9.90 Å². The Morgan fingerprint density at radius 3 is 2.43 bits per heavy atom. The van der Waals surface area contributed by atoms with E-state index in [-0.39, 0.29) is 11.5 Å². The van der Waals surface area contributed by atoms with Gasteiger partial charge in [-0.3, -0.25) is 9.69 Å². The minimum atomic E-state index is -1.27. The number of rotatable bonds is 3. The zero-order valence-corrected chi connectivity index (χ0v) is 17.9. The number of hydrogen-bond donors (Lipinski definition) is 1. The summed E-state index contributed by atoms with van der Waals surface area (Å²) in [5.41, 5.74) is 0.595. The van der Waals surface area contributed by atoms with Gasteiger partial charge in [-0.1, -0.05) is 38.8 Å². The van der Waals surface area contributed by atoms with Crippen LogP contribution in [0.1, 0.15) is 69.4 Å². The number of carboxylic acids is 1. The van der Waals surface area contributed by atoms with Crippen LogP contribution in [0.5, 0.6) is 0 Å². The van der Waals surface area contributed by atoms with Gasteiger partial charge < -0.3 is 9.67 Å². The fraction of sp³-hybridized carbons (Fsp3) is 0.542. The van der Waals surface area contributed by atoms with Crippen molar-refractivity contribution in [3.63, 3.8) is 0 Å². The van der Waals surface area contributed by atoms with E-state index in [2.05, 4.69) is 42.5 Å². The molecule has 6 nitrogen and oxygen atoms in total. The lowest BCUT2D eigenvalue weighted by Gasteiger charge is -2.39. The SMILES string of the molecule is CC(C)(C)CC#CCN1C2CC[C@H]1CC(n1c(=O)c(C(=O)O)nc3ccccc31)C2. The predicted octanol–water partition coefficient (Wildman–Crippen LogP) is 3.70. The van der Waals surface area contributed by atoms with E-state index < -0.39 is 17.2 Å². The molecule has 1 aromatic carbocycles. The molecule has 4 rings (SSSR count). The molecular weight excluding hydrogens is 378 g/mol. The average Bonchev–Trinajstić information content (AvgIpc) is 2.91. The molecule has 1 N–H and O–H groups in total. The molecule has 2 fully saturated rings. The summed E-state index contributed by atoms with van der Waals surface area (Å²) in [5.74, 6) is 5.40. The number of carboxylic acid groups (broad SMARTS) is 1. The fourth-order valence-corrected chi connectivity index (χ4v) is 4.85. The van der Waals surface area contributed by atoms with E-state index in [0.29, 0.717) is 17.6 Å². The number of benzene rings is 1. The van der Waals surface area contributed by atoms with E-state index in [9.17, 15) is 14.7 Å². The third kappa shape index (κ3) is 3.99. The number of piperidine rings is 1. The third-order valence-electron chi connectivity index (χ3n) is 6.23. The molecule has 30 heavy (non-hydrogen) atoms.